The molecule has 0 unspecified atom stereocenters. The molecule has 0 bridgehead atoms. The van der Waals surface area contributed by atoms with Crippen LogP contribution >= 0.6 is 0 Å². The Balaban J connectivity index is 1.81. The lowest BCUT2D eigenvalue weighted by atomic mass is 9.97. The van der Waals surface area contributed by atoms with Gasteiger partial charge in [0.15, 0.2) is 12.4 Å². The molecule has 1 fully saturated rings. The Labute approximate surface area is 135 Å². The van der Waals surface area contributed by atoms with Crippen molar-refractivity contribution >= 4 is 11.6 Å². The number of nitrogens with zero attached hydrogens (tertiary/aromatic N) is 2. The number of carbonyl (C=O) groups excluding carboxylic acids is 1. The molecule has 7 heteroatoms. The standard InChI is InChI=1S/C16H23N3O4/c1-2-17-11-13-7-9-18(10-8-13)16(20)12-23-15-6-4-3-5-14(15)19(21)22/h3-6,13,17H,2,7-12H2,1H3. The highest BCUT2D eigenvalue weighted by Gasteiger charge is 2.23. The quantitative estimate of drug-likeness (QED) is 0.611. The van der Waals surface area contributed by atoms with Crippen molar-refractivity contribution in [2.75, 3.05) is 32.8 Å². The maximum Gasteiger partial charge on any atom is 0.310 e. The number of nitrogens with one attached hydrogen (secondary N) is 1. The van der Waals surface area contributed by atoms with Gasteiger partial charge in [-0.15, -0.1) is 0 Å². The second-order valence-corrected chi connectivity index (χ2v) is 5.65. The van der Waals surface area contributed by atoms with Crippen LogP contribution in [-0.4, -0.2) is 48.5 Å². The van der Waals surface area contributed by atoms with Crippen molar-refractivity contribution in [3.05, 3.63) is 34.4 Å². The molecule has 1 heterocycles. The van der Waals surface area contributed by atoms with Gasteiger partial charge in [-0.05, 0) is 37.9 Å². The third-order valence-electron chi connectivity index (χ3n) is 4.06. The largest absolute Gasteiger partial charge is 0.477 e. The molecule has 1 amide bonds. The third kappa shape index (κ3) is 4.92. The molecular weight excluding hydrogens is 298 g/mol. The number of ether oxygens (including phenoxy) is 1. The van der Waals surface area contributed by atoms with Gasteiger partial charge in [-0.3, -0.25) is 14.9 Å². The van der Waals surface area contributed by atoms with E-state index in [1.165, 1.54) is 12.1 Å². The Morgan fingerprint density at radius 2 is 2.09 bits per heavy atom. The van der Waals surface area contributed by atoms with Gasteiger partial charge in [0, 0.05) is 19.2 Å². The summed E-state index contributed by atoms with van der Waals surface area (Å²) in [7, 11) is 0. The summed E-state index contributed by atoms with van der Waals surface area (Å²) in [6.45, 7) is 5.31. The van der Waals surface area contributed by atoms with Crippen molar-refractivity contribution in [2.45, 2.75) is 19.8 Å². The first kappa shape index (κ1) is 17.2. The number of hydrogen-bond donors (Lipinski definition) is 1. The molecule has 23 heavy (non-hydrogen) atoms. The third-order valence-corrected chi connectivity index (χ3v) is 4.06. The van der Waals surface area contributed by atoms with Crippen LogP contribution in [0.4, 0.5) is 5.69 Å². The van der Waals surface area contributed by atoms with E-state index in [1.54, 1.807) is 17.0 Å². The smallest absolute Gasteiger partial charge is 0.310 e. The van der Waals surface area contributed by atoms with Gasteiger partial charge in [0.25, 0.3) is 5.91 Å². The zero-order valence-electron chi connectivity index (χ0n) is 13.4. The van der Waals surface area contributed by atoms with Crippen LogP contribution in [0.2, 0.25) is 0 Å². The second-order valence-electron chi connectivity index (χ2n) is 5.65. The highest BCUT2D eigenvalue weighted by Crippen LogP contribution is 2.26. The predicted molar refractivity (Wildman–Crippen MR) is 86.4 cm³/mol. The van der Waals surface area contributed by atoms with E-state index < -0.39 is 4.92 Å². The fraction of sp³-hybridized carbons (Fsp3) is 0.562. The molecule has 126 valence electrons. The van der Waals surface area contributed by atoms with Crippen molar-refractivity contribution in [3.63, 3.8) is 0 Å². The van der Waals surface area contributed by atoms with E-state index in [4.69, 9.17) is 4.74 Å². The number of rotatable bonds is 7. The van der Waals surface area contributed by atoms with E-state index >= 15 is 0 Å². The van der Waals surface area contributed by atoms with Gasteiger partial charge in [0.05, 0.1) is 4.92 Å². The number of benzene rings is 1. The Hall–Kier alpha value is -2.15. The first-order valence-corrected chi connectivity index (χ1v) is 7.96. The Morgan fingerprint density at radius 1 is 1.39 bits per heavy atom. The molecular formula is C16H23N3O4. The van der Waals surface area contributed by atoms with Crippen LogP contribution in [0.15, 0.2) is 24.3 Å². The number of hydrogen-bond acceptors (Lipinski definition) is 5. The molecule has 0 atom stereocenters. The summed E-state index contributed by atoms with van der Waals surface area (Å²) in [4.78, 5) is 24.4. The summed E-state index contributed by atoms with van der Waals surface area (Å²) in [5, 5.41) is 14.2. The molecule has 0 aliphatic carbocycles. The van der Waals surface area contributed by atoms with Gasteiger partial charge in [-0.1, -0.05) is 19.1 Å². The number of amides is 1. The van der Waals surface area contributed by atoms with Gasteiger partial charge in [0.2, 0.25) is 0 Å². The number of para-hydroxylation sites is 2. The molecule has 1 N–H and O–H groups in total. The SMILES string of the molecule is CCNCC1CCN(C(=O)COc2ccccc2[N+](=O)[O-])CC1. The van der Waals surface area contributed by atoms with E-state index in [9.17, 15) is 14.9 Å². The normalized spacial score (nSPS) is 15.4. The van der Waals surface area contributed by atoms with Crippen LogP contribution in [0.1, 0.15) is 19.8 Å². The van der Waals surface area contributed by atoms with Crippen molar-refractivity contribution in [1.82, 2.24) is 10.2 Å². The molecule has 0 radical (unpaired) electrons. The maximum atomic E-state index is 12.2. The molecule has 7 nitrogen and oxygen atoms in total. The van der Waals surface area contributed by atoms with Gasteiger partial charge >= 0.3 is 5.69 Å². The van der Waals surface area contributed by atoms with Gasteiger partial charge < -0.3 is 15.0 Å². The Morgan fingerprint density at radius 3 is 2.74 bits per heavy atom. The van der Waals surface area contributed by atoms with Gasteiger partial charge in [0.1, 0.15) is 0 Å². The van der Waals surface area contributed by atoms with E-state index in [0.29, 0.717) is 5.92 Å². The minimum atomic E-state index is -0.508. The van der Waals surface area contributed by atoms with Crippen molar-refractivity contribution in [3.8, 4) is 5.75 Å². The predicted octanol–water partition coefficient (Wildman–Crippen LogP) is 1.82. The minimum absolute atomic E-state index is 0.120. The first-order chi connectivity index (χ1) is 11.1. The van der Waals surface area contributed by atoms with E-state index in [1.807, 2.05) is 0 Å². The lowest BCUT2D eigenvalue weighted by Gasteiger charge is -2.32. The topological polar surface area (TPSA) is 84.7 Å². The second kappa shape index (κ2) is 8.47. The van der Waals surface area contributed by atoms with Crippen LogP contribution < -0.4 is 10.1 Å². The van der Waals surface area contributed by atoms with Crippen LogP contribution in [0.5, 0.6) is 5.75 Å². The summed E-state index contributed by atoms with van der Waals surface area (Å²) >= 11 is 0. The molecule has 1 aliphatic rings. The van der Waals surface area contributed by atoms with Crippen molar-refractivity contribution in [1.29, 1.82) is 0 Å². The highest BCUT2D eigenvalue weighted by atomic mass is 16.6. The molecule has 0 spiro atoms. The fourth-order valence-electron chi connectivity index (χ4n) is 2.70. The number of nitro groups is 1. The lowest BCUT2D eigenvalue weighted by Crippen LogP contribution is -2.42. The van der Waals surface area contributed by atoms with Crippen LogP contribution in [0.3, 0.4) is 0 Å². The van der Waals surface area contributed by atoms with Crippen molar-refractivity contribution in [2.24, 2.45) is 5.92 Å². The van der Waals surface area contributed by atoms with E-state index in [0.717, 1.165) is 39.0 Å². The maximum absolute atomic E-state index is 12.2. The first-order valence-electron chi connectivity index (χ1n) is 7.96. The molecule has 1 aromatic rings. The van der Waals surface area contributed by atoms with Crippen LogP contribution in [0, 0.1) is 16.0 Å². The number of nitro benzene ring substituents is 1. The Kier molecular flexibility index (Phi) is 6.34. The fourth-order valence-corrected chi connectivity index (χ4v) is 2.70. The van der Waals surface area contributed by atoms with Crippen LogP contribution in [0.25, 0.3) is 0 Å². The average Bonchev–Trinajstić information content (AvgIpc) is 2.58. The monoisotopic (exact) mass is 321 g/mol. The average molecular weight is 321 g/mol. The zero-order chi connectivity index (χ0) is 16.7. The number of likely N-dealkylation sites (tertiary alicyclic amines) is 1. The summed E-state index contributed by atoms with van der Waals surface area (Å²) in [6.07, 6.45) is 1.95. The van der Waals surface area contributed by atoms with Gasteiger partial charge in [-0.2, -0.15) is 0 Å². The number of piperidine rings is 1. The summed E-state index contributed by atoms with van der Waals surface area (Å²) in [5.41, 5.74) is -0.121. The molecule has 0 saturated carbocycles. The summed E-state index contributed by atoms with van der Waals surface area (Å²) < 4.78 is 5.36. The molecule has 2 rings (SSSR count). The van der Waals surface area contributed by atoms with Gasteiger partial charge in [-0.25, -0.2) is 0 Å². The molecule has 1 aromatic carbocycles. The number of carbonyl (C=O) groups is 1. The Bertz CT molecular complexity index is 542. The zero-order valence-corrected chi connectivity index (χ0v) is 13.4. The minimum Gasteiger partial charge on any atom is -0.477 e. The van der Waals surface area contributed by atoms with E-state index in [2.05, 4.69) is 12.2 Å². The molecule has 1 saturated heterocycles. The lowest BCUT2D eigenvalue weighted by molar-refractivity contribution is -0.385. The van der Waals surface area contributed by atoms with Crippen LogP contribution in [-0.2, 0) is 4.79 Å². The van der Waals surface area contributed by atoms with Crippen molar-refractivity contribution < 1.29 is 14.5 Å². The highest BCUT2D eigenvalue weighted by molar-refractivity contribution is 5.78. The van der Waals surface area contributed by atoms with E-state index in [-0.39, 0.29) is 24.0 Å². The summed E-state index contributed by atoms with van der Waals surface area (Å²) in [6, 6.07) is 6.10. The summed E-state index contributed by atoms with van der Waals surface area (Å²) in [5.74, 6) is 0.619. The molecule has 1 aliphatic heterocycles. The molecule has 0 aromatic heterocycles.